The van der Waals surface area contributed by atoms with E-state index in [1.54, 1.807) is 12.1 Å². The Morgan fingerprint density at radius 2 is 1.60 bits per heavy atom. The average Bonchev–Trinajstić information content (AvgIpc) is 3.15. The van der Waals surface area contributed by atoms with Gasteiger partial charge in [-0.15, -0.1) is 0 Å². The van der Waals surface area contributed by atoms with E-state index in [9.17, 15) is 4.39 Å². The summed E-state index contributed by atoms with van der Waals surface area (Å²) >= 11 is 0. The zero-order chi connectivity index (χ0) is 14.2. The van der Waals surface area contributed by atoms with E-state index >= 15 is 0 Å². The Kier molecular flexibility index (Phi) is 3.35. The molecule has 104 valence electrons. The number of hydrogen-bond acceptors (Lipinski definition) is 1. The zero-order valence-corrected chi connectivity index (χ0v) is 12.0. The molecule has 1 saturated carbocycles. The van der Waals surface area contributed by atoms with Crippen molar-refractivity contribution < 1.29 is 4.39 Å². The summed E-state index contributed by atoms with van der Waals surface area (Å²) in [5.74, 6) is 0.437. The molecular weight excluding hydrogens is 249 g/mol. The molecule has 2 aromatic carbocycles. The highest BCUT2D eigenvalue weighted by Crippen LogP contribution is 2.58. The van der Waals surface area contributed by atoms with Gasteiger partial charge in [0.25, 0.3) is 0 Å². The second-order valence-electron chi connectivity index (χ2n) is 6.01. The van der Waals surface area contributed by atoms with Crippen molar-refractivity contribution in [1.82, 2.24) is 4.90 Å². The standard InChI is InChI=1S/C18H20FN/c1-20(2)13-16-12-18(16,14-6-4-3-5-7-14)15-8-10-17(19)11-9-15/h3-11,16H,12-13H2,1-2H3. The van der Waals surface area contributed by atoms with Crippen molar-refractivity contribution >= 4 is 0 Å². The van der Waals surface area contributed by atoms with Crippen molar-refractivity contribution in [2.75, 3.05) is 20.6 Å². The number of rotatable bonds is 4. The summed E-state index contributed by atoms with van der Waals surface area (Å²) in [7, 11) is 4.22. The van der Waals surface area contributed by atoms with Crippen LogP contribution >= 0.6 is 0 Å². The maximum Gasteiger partial charge on any atom is 0.123 e. The highest BCUT2D eigenvalue weighted by Gasteiger charge is 2.56. The molecule has 1 aliphatic carbocycles. The van der Waals surface area contributed by atoms with Gasteiger partial charge < -0.3 is 4.90 Å². The molecular formula is C18H20FN. The van der Waals surface area contributed by atoms with Gasteiger partial charge in [-0.25, -0.2) is 4.39 Å². The average molecular weight is 269 g/mol. The van der Waals surface area contributed by atoms with Crippen LogP contribution in [0.15, 0.2) is 54.6 Å². The van der Waals surface area contributed by atoms with E-state index in [1.807, 2.05) is 18.2 Å². The summed E-state index contributed by atoms with van der Waals surface area (Å²) in [5.41, 5.74) is 2.65. The molecule has 1 aliphatic rings. The van der Waals surface area contributed by atoms with E-state index in [2.05, 4.69) is 43.3 Å². The lowest BCUT2D eigenvalue weighted by Gasteiger charge is -2.20. The largest absolute Gasteiger partial charge is 0.309 e. The summed E-state index contributed by atoms with van der Waals surface area (Å²) < 4.78 is 13.2. The lowest BCUT2D eigenvalue weighted by atomic mass is 9.85. The van der Waals surface area contributed by atoms with Crippen LogP contribution in [0.3, 0.4) is 0 Å². The first-order valence-corrected chi connectivity index (χ1v) is 7.09. The van der Waals surface area contributed by atoms with Crippen LogP contribution in [0, 0.1) is 11.7 Å². The van der Waals surface area contributed by atoms with Crippen molar-refractivity contribution in [3.63, 3.8) is 0 Å². The number of hydrogen-bond donors (Lipinski definition) is 0. The molecule has 2 unspecified atom stereocenters. The molecule has 0 heterocycles. The molecule has 0 N–H and O–H groups in total. The fourth-order valence-electron chi connectivity index (χ4n) is 3.35. The van der Waals surface area contributed by atoms with Crippen LogP contribution in [-0.4, -0.2) is 25.5 Å². The number of benzene rings is 2. The van der Waals surface area contributed by atoms with Crippen molar-refractivity contribution in [1.29, 1.82) is 0 Å². The molecule has 1 fully saturated rings. The summed E-state index contributed by atoms with van der Waals surface area (Å²) in [6, 6.07) is 17.6. The minimum absolute atomic E-state index is 0.0687. The van der Waals surface area contributed by atoms with Crippen LogP contribution in [0.2, 0.25) is 0 Å². The Morgan fingerprint density at radius 3 is 2.20 bits per heavy atom. The molecule has 1 nitrogen and oxygen atoms in total. The molecule has 20 heavy (non-hydrogen) atoms. The molecule has 0 bridgehead atoms. The minimum atomic E-state index is -0.165. The van der Waals surface area contributed by atoms with E-state index < -0.39 is 0 Å². The normalized spacial score (nSPS) is 24.9. The highest BCUT2D eigenvalue weighted by molar-refractivity contribution is 5.47. The maximum absolute atomic E-state index is 13.2. The molecule has 2 heteroatoms. The first-order valence-electron chi connectivity index (χ1n) is 7.09. The quantitative estimate of drug-likeness (QED) is 0.818. The van der Waals surface area contributed by atoms with Crippen LogP contribution in [0.25, 0.3) is 0 Å². The number of halogens is 1. The third kappa shape index (κ3) is 2.25. The van der Waals surface area contributed by atoms with Crippen LogP contribution in [-0.2, 0) is 5.41 Å². The lowest BCUT2D eigenvalue weighted by Crippen LogP contribution is -2.21. The van der Waals surface area contributed by atoms with Gasteiger partial charge in [0, 0.05) is 12.0 Å². The van der Waals surface area contributed by atoms with Crippen LogP contribution in [0.1, 0.15) is 17.5 Å². The van der Waals surface area contributed by atoms with E-state index in [-0.39, 0.29) is 11.2 Å². The fourth-order valence-corrected chi connectivity index (χ4v) is 3.35. The maximum atomic E-state index is 13.2. The number of nitrogens with zero attached hydrogens (tertiary/aromatic N) is 1. The van der Waals surface area contributed by atoms with Gasteiger partial charge in [0.1, 0.15) is 5.82 Å². The first kappa shape index (κ1) is 13.3. The van der Waals surface area contributed by atoms with Crippen LogP contribution in [0.4, 0.5) is 4.39 Å². The van der Waals surface area contributed by atoms with Gasteiger partial charge in [-0.05, 0) is 49.7 Å². The van der Waals surface area contributed by atoms with Crippen molar-refractivity contribution in [3.05, 3.63) is 71.5 Å². The van der Waals surface area contributed by atoms with Gasteiger partial charge in [0.15, 0.2) is 0 Å². The van der Waals surface area contributed by atoms with Crippen LogP contribution < -0.4 is 0 Å². The summed E-state index contributed by atoms with van der Waals surface area (Å²) in [6.45, 7) is 1.06. The second-order valence-corrected chi connectivity index (χ2v) is 6.01. The molecule has 0 spiro atoms. The molecule has 3 rings (SSSR count). The smallest absolute Gasteiger partial charge is 0.123 e. The Labute approximate surface area is 120 Å². The predicted molar refractivity (Wildman–Crippen MR) is 80.3 cm³/mol. The predicted octanol–water partition coefficient (Wildman–Crippen LogP) is 3.69. The SMILES string of the molecule is CN(C)CC1CC1(c1ccccc1)c1ccc(F)cc1. The fraction of sp³-hybridized carbons (Fsp3) is 0.333. The van der Waals surface area contributed by atoms with Gasteiger partial charge in [-0.2, -0.15) is 0 Å². The van der Waals surface area contributed by atoms with Gasteiger partial charge in [-0.3, -0.25) is 0 Å². The summed E-state index contributed by atoms with van der Waals surface area (Å²) in [5, 5.41) is 0. The third-order valence-corrected chi connectivity index (χ3v) is 4.34. The van der Waals surface area contributed by atoms with Crippen molar-refractivity contribution in [3.8, 4) is 0 Å². The van der Waals surface area contributed by atoms with E-state index in [0.717, 1.165) is 13.0 Å². The molecule has 0 amide bonds. The molecule has 2 atom stereocenters. The minimum Gasteiger partial charge on any atom is -0.309 e. The molecule has 0 aliphatic heterocycles. The monoisotopic (exact) mass is 269 g/mol. The van der Waals surface area contributed by atoms with E-state index in [0.29, 0.717) is 5.92 Å². The summed E-state index contributed by atoms with van der Waals surface area (Å²) in [4.78, 5) is 2.24. The van der Waals surface area contributed by atoms with Crippen LogP contribution in [0.5, 0.6) is 0 Å². The van der Waals surface area contributed by atoms with E-state index in [1.165, 1.54) is 11.1 Å². The molecule has 2 aromatic rings. The Hall–Kier alpha value is -1.67. The summed E-state index contributed by atoms with van der Waals surface area (Å²) in [6.07, 6.45) is 1.14. The first-order chi connectivity index (χ1) is 9.63. The highest BCUT2D eigenvalue weighted by atomic mass is 19.1. The topological polar surface area (TPSA) is 3.24 Å². The van der Waals surface area contributed by atoms with Gasteiger partial charge in [0.05, 0.1) is 0 Å². The van der Waals surface area contributed by atoms with Gasteiger partial charge in [0.2, 0.25) is 0 Å². The van der Waals surface area contributed by atoms with Crippen molar-refractivity contribution in [2.24, 2.45) is 5.92 Å². The Balaban J connectivity index is 2.00. The van der Waals surface area contributed by atoms with Crippen molar-refractivity contribution in [2.45, 2.75) is 11.8 Å². The molecule has 0 radical (unpaired) electrons. The third-order valence-electron chi connectivity index (χ3n) is 4.34. The zero-order valence-electron chi connectivity index (χ0n) is 12.0. The van der Waals surface area contributed by atoms with Gasteiger partial charge in [-0.1, -0.05) is 42.5 Å². The van der Waals surface area contributed by atoms with E-state index in [4.69, 9.17) is 0 Å². The molecule has 0 saturated heterocycles. The lowest BCUT2D eigenvalue weighted by molar-refractivity contribution is 0.376. The Morgan fingerprint density at radius 1 is 1.00 bits per heavy atom. The molecule has 0 aromatic heterocycles. The van der Waals surface area contributed by atoms with Gasteiger partial charge >= 0.3 is 0 Å². The second kappa shape index (κ2) is 5.02. The Bertz CT molecular complexity index is 576.